The highest BCUT2D eigenvalue weighted by Gasteiger charge is 2.18. The van der Waals surface area contributed by atoms with Crippen LogP contribution in [0.5, 0.6) is 0 Å². The van der Waals surface area contributed by atoms with Gasteiger partial charge in [-0.2, -0.15) is 0 Å². The van der Waals surface area contributed by atoms with Crippen LogP contribution in [0.4, 0.5) is 18.9 Å². The Morgan fingerprint density at radius 2 is 1.71 bits per heavy atom. The normalized spacial score (nSPS) is 11.7. The molecule has 0 bridgehead atoms. The van der Waals surface area contributed by atoms with Crippen LogP contribution in [-0.2, 0) is 9.59 Å². The first-order chi connectivity index (χ1) is 11.4. The Bertz CT molecular complexity index is 768. The van der Waals surface area contributed by atoms with Crippen LogP contribution in [0.3, 0.4) is 0 Å². The fourth-order valence-electron chi connectivity index (χ4n) is 1.90. The van der Waals surface area contributed by atoms with E-state index in [1.165, 1.54) is 18.2 Å². The zero-order chi connectivity index (χ0) is 17.7. The van der Waals surface area contributed by atoms with Crippen molar-refractivity contribution in [2.45, 2.75) is 6.10 Å². The summed E-state index contributed by atoms with van der Waals surface area (Å²) in [4.78, 5) is 23.2. The summed E-state index contributed by atoms with van der Waals surface area (Å²) in [5.74, 6) is -4.80. The van der Waals surface area contributed by atoms with Gasteiger partial charge in [-0.15, -0.1) is 0 Å². The van der Waals surface area contributed by atoms with Gasteiger partial charge in [-0.3, -0.25) is 9.59 Å². The van der Waals surface area contributed by atoms with Gasteiger partial charge in [0.15, 0.2) is 0 Å². The molecule has 8 heteroatoms. The zero-order valence-corrected chi connectivity index (χ0v) is 12.2. The molecule has 0 saturated heterocycles. The van der Waals surface area contributed by atoms with Crippen molar-refractivity contribution in [2.75, 3.05) is 11.9 Å². The van der Waals surface area contributed by atoms with Crippen molar-refractivity contribution in [1.29, 1.82) is 0 Å². The summed E-state index contributed by atoms with van der Waals surface area (Å²) in [6.45, 7) is -0.432. The monoisotopic (exact) mass is 338 g/mol. The number of hydrogen-bond acceptors (Lipinski definition) is 3. The fourth-order valence-corrected chi connectivity index (χ4v) is 1.90. The molecule has 0 spiro atoms. The molecular weight excluding hydrogens is 325 g/mol. The lowest BCUT2D eigenvalue weighted by molar-refractivity contribution is -0.136. The van der Waals surface area contributed by atoms with Gasteiger partial charge in [0.25, 0.3) is 0 Å². The summed E-state index contributed by atoms with van der Waals surface area (Å²) in [7, 11) is 0. The van der Waals surface area contributed by atoms with Crippen molar-refractivity contribution >= 4 is 17.5 Å². The number of carbonyl (C=O) groups is 2. The first kappa shape index (κ1) is 17.5. The highest BCUT2D eigenvalue weighted by atomic mass is 19.1. The number of hydrogen-bond donors (Lipinski definition) is 3. The van der Waals surface area contributed by atoms with Crippen LogP contribution in [0, 0.1) is 17.5 Å². The number of carbonyl (C=O) groups excluding carboxylic acids is 2. The van der Waals surface area contributed by atoms with Crippen molar-refractivity contribution in [3.05, 3.63) is 65.5 Å². The van der Waals surface area contributed by atoms with Crippen molar-refractivity contribution < 1.29 is 27.9 Å². The summed E-state index contributed by atoms with van der Waals surface area (Å²) >= 11 is 0. The molecule has 0 heterocycles. The topological polar surface area (TPSA) is 78.4 Å². The third-order valence-corrected chi connectivity index (χ3v) is 3.10. The predicted octanol–water partition coefficient (Wildman–Crippen LogP) is 1.89. The average Bonchev–Trinajstić information content (AvgIpc) is 2.56. The van der Waals surface area contributed by atoms with Gasteiger partial charge in [0.1, 0.15) is 17.5 Å². The molecule has 0 radical (unpaired) electrons. The molecule has 5 nitrogen and oxygen atoms in total. The van der Waals surface area contributed by atoms with Crippen LogP contribution < -0.4 is 10.6 Å². The molecule has 2 rings (SSSR count). The minimum atomic E-state index is -1.37. The molecule has 2 aromatic rings. The average molecular weight is 338 g/mol. The number of halogens is 3. The van der Waals surface area contributed by atoms with E-state index in [9.17, 15) is 27.9 Å². The third-order valence-electron chi connectivity index (χ3n) is 3.10. The van der Waals surface area contributed by atoms with Gasteiger partial charge < -0.3 is 15.7 Å². The van der Waals surface area contributed by atoms with E-state index in [0.29, 0.717) is 6.07 Å². The molecule has 0 fully saturated rings. The van der Waals surface area contributed by atoms with E-state index >= 15 is 0 Å². The molecule has 0 saturated carbocycles. The molecule has 1 atom stereocenters. The maximum absolute atomic E-state index is 13.5. The summed E-state index contributed by atoms with van der Waals surface area (Å²) < 4.78 is 39.8. The van der Waals surface area contributed by atoms with E-state index in [1.807, 2.05) is 5.32 Å². The maximum atomic E-state index is 13.5. The Kier molecular flexibility index (Phi) is 5.54. The van der Waals surface area contributed by atoms with Crippen molar-refractivity contribution in [3.8, 4) is 0 Å². The molecule has 2 amide bonds. The van der Waals surface area contributed by atoms with E-state index in [-0.39, 0.29) is 5.56 Å². The second kappa shape index (κ2) is 7.60. The molecule has 0 aliphatic rings. The van der Waals surface area contributed by atoms with E-state index < -0.39 is 47.6 Å². The Hall–Kier alpha value is -2.87. The molecule has 0 aliphatic carbocycles. The Balaban J connectivity index is 1.93. The Labute approximate surface area is 135 Å². The number of rotatable bonds is 4. The molecule has 3 N–H and O–H groups in total. The standard InChI is InChI=1S/C16H13F3N2O3/c17-9-5-6-12(19)13(7-9)21-16(24)15(23)20-8-14(22)10-3-1-2-4-11(10)18/h1-7,14,22H,8H2,(H,20,23)(H,21,24). The lowest BCUT2D eigenvalue weighted by Gasteiger charge is -2.13. The maximum Gasteiger partial charge on any atom is 0.313 e. The number of anilines is 1. The van der Waals surface area contributed by atoms with Crippen molar-refractivity contribution in [1.82, 2.24) is 5.32 Å². The Morgan fingerprint density at radius 1 is 1.00 bits per heavy atom. The van der Waals surface area contributed by atoms with Crippen LogP contribution in [0.1, 0.15) is 11.7 Å². The van der Waals surface area contributed by atoms with Crippen LogP contribution >= 0.6 is 0 Å². The molecular formula is C16H13F3N2O3. The van der Waals surface area contributed by atoms with Gasteiger partial charge in [-0.1, -0.05) is 18.2 Å². The number of aliphatic hydroxyl groups excluding tert-OH is 1. The third kappa shape index (κ3) is 4.32. The van der Waals surface area contributed by atoms with Gasteiger partial charge in [0, 0.05) is 18.2 Å². The van der Waals surface area contributed by atoms with Crippen LogP contribution in [-0.4, -0.2) is 23.5 Å². The van der Waals surface area contributed by atoms with E-state index in [4.69, 9.17) is 0 Å². The summed E-state index contributed by atoms with van der Waals surface area (Å²) in [5.41, 5.74) is -0.542. The van der Waals surface area contributed by atoms with Crippen LogP contribution in [0.2, 0.25) is 0 Å². The molecule has 2 aromatic carbocycles. The molecule has 1 unspecified atom stereocenters. The fraction of sp³-hybridized carbons (Fsp3) is 0.125. The smallest absolute Gasteiger partial charge is 0.313 e. The molecule has 0 aromatic heterocycles. The molecule has 24 heavy (non-hydrogen) atoms. The second-order valence-electron chi connectivity index (χ2n) is 4.83. The van der Waals surface area contributed by atoms with Crippen molar-refractivity contribution in [3.63, 3.8) is 0 Å². The number of benzene rings is 2. The number of nitrogens with one attached hydrogen (secondary N) is 2. The second-order valence-corrected chi connectivity index (χ2v) is 4.83. The lowest BCUT2D eigenvalue weighted by atomic mass is 10.1. The van der Waals surface area contributed by atoms with Gasteiger partial charge in [-0.05, 0) is 18.2 Å². The van der Waals surface area contributed by atoms with Crippen molar-refractivity contribution in [2.24, 2.45) is 0 Å². The zero-order valence-electron chi connectivity index (χ0n) is 12.2. The van der Waals surface area contributed by atoms with E-state index in [1.54, 1.807) is 0 Å². The van der Waals surface area contributed by atoms with Gasteiger partial charge in [0.2, 0.25) is 0 Å². The molecule has 0 aliphatic heterocycles. The predicted molar refractivity (Wildman–Crippen MR) is 79.4 cm³/mol. The summed E-state index contributed by atoms with van der Waals surface area (Å²) in [6.07, 6.45) is -1.37. The van der Waals surface area contributed by atoms with E-state index in [0.717, 1.165) is 18.2 Å². The number of aliphatic hydroxyl groups is 1. The SMILES string of the molecule is O=C(NCC(O)c1ccccc1F)C(=O)Nc1cc(F)ccc1F. The quantitative estimate of drug-likeness (QED) is 0.745. The van der Waals surface area contributed by atoms with Gasteiger partial charge in [0.05, 0.1) is 11.8 Å². The van der Waals surface area contributed by atoms with Crippen LogP contribution in [0.15, 0.2) is 42.5 Å². The largest absolute Gasteiger partial charge is 0.386 e. The van der Waals surface area contributed by atoms with E-state index in [2.05, 4.69) is 5.32 Å². The lowest BCUT2D eigenvalue weighted by Crippen LogP contribution is -2.37. The Morgan fingerprint density at radius 3 is 2.42 bits per heavy atom. The minimum Gasteiger partial charge on any atom is -0.386 e. The number of amides is 2. The molecule has 126 valence electrons. The summed E-state index contributed by atoms with van der Waals surface area (Å²) in [5, 5.41) is 13.8. The van der Waals surface area contributed by atoms with Crippen LogP contribution in [0.25, 0.3) is 0 Å². The summed E-state index contributed by atoms with van der Waals surface area (Å²) in [6, 6.07) is 7.78. The van der Waals surface area contributed by atoms with Gasteiger partial charge >= 0.3 is 11.8 Å². The highest BCUT2D eigenvalue weighted by molar-refractivity contribution is 6.39. The minimum absolute atomic E-state index is 0.0469. The van der Waals surface area contributed by atoms with Gasteiger partial charge in [-0.25, -0.2) is 13.2 Å². The first-order valence-corrected chi connectivity index (χ1v) is 6.85. The first-order valence-electron chi connectivity index (χ1n) is 6.85. The highest BCUT2D eigenvalue weighted by Crippen LogP contribution is 2.16.